The predicted molar refractivity (Wildman–Crippen MR) is 113 cm³/mol. The van der Waals surface area contributed by atoms with Crippen molar-refractivity contribution < 1.29 is 23.8 Å². The molecule has 1 aromatic rings. The molecule has 0 heterocycles. The molecule has 4 bridgehead atoms. The van der Waals surface area contributed by atoms with Gasteiger partial charge in [-0.2, -0.15) is 0 Å². The molecule has 0 aliphatic heterocycles. The van der Waals surface area contributed by atoms with Gasteiger partial charge in [-0.05, 0) is 73.8 Å². The van der Waals surface area contributed by atoms with Gasteiger partial charge in [0.2, 0.25) is 0 Å². The molecule has 4 saturated carbocycles. The summed E-state index contributed by atoms with van der Waals surface area (Å²) < 4.78 is 15.7. The third-order valence-corrected chi connectivity index (χ3v) is 7.00. The number of carbonyl (C=O) groups is 2. The Labute approximate surface area is 178 Å². The van der Waals surface area contributed by atoms with Crippen LogP contribution in [-0.4, -0.2) is 39.2 Å². The topological polar surface area (TPSA) is 73.9 Å². The molecule has 4 aliphatic rings. The fourth-order valence-electron chi connectivity index (χ4n) is 6.23. The number of hydrogen-bond acceptors (Lipinski definition) is 5. The van der Waals surface area contributed by atoms with Crippen molar-refractivity contribution >= 4 is 18.0 Å². The van der Waals surface area contributed by atoms with Gasteiger partial charge in [-0.25, -0.2) is 4.79 Å². The van der Waals surface area contributed by atoms with E-state index in [1.807, 2.05) is 12.1 Å². The number of rotatable bonds is 8. The summed E-state index contributed by atoms with van der Waals surface area (Å²) in [5.41, 5.74) is 0.970. The van der Waals surface area contributed by atoms with E-state index >= 15 is 0 Å². The maximum atomic E-state index is 12.2. The normalized spacial score (nSPS) is 29.1. The van der Waals surface area contributed by atoms with Gasteiger partial charge in [-0.3, -0.25) is 4.79 Å². The van der Waals surface area contributed by atoms with E-state index < -0.39 is 5.97 Å². The van der Waals surface area contributed by atoms with Crippen molar-refractivity contribution in [2.24, 2.45) is 23.2 Å². The van der Waals surface area contributed by atoms with Gasteiger partial charge in [0.1, 0.15) is 0 Å². The van der Waals surface area contributed by atoms with Crippen LogP contribution in [-0.2, 0) is 14.3 Å². The van der Waals surface area contributed by atoms with Gasteiger partial charge >= 0.3 is 5.97 Å². The van der Waals surface area contributed by atoms with Crippen LogP contribution >= 0.6 is 0 Å². The Bertz CT molecular complexity index is 796. The Morgan fingerprint density at radius 1 is 1.07 bits per heavy atom. The van der Waals surface area contributed by atoms with Gasteiger partial charge in [-0.15, -0.1) is 0 Å². The van der Waals surface area contributed by atoms with Gasteiger partial charge in [0, 0.05) is 18.2 Å². The van der Waals surface area contributed by atoms with E-state index in [2.05, 4.69) is 5.32 Å². The van der Waals surface area contributed by atoms with Gasteiger partial charge in [0.25, 0.3) is 5.91 Å². The Kier molecular flexibility index (Phi) is 6.02. The number of carbonyl (C=O) groups excluding carboxylic acids is 2. The van der Waals surface area contributed by atoms with Crippen molar-refractivity contribution in [1.82, 2.24) is 5.32 Å². The third-order valence-electron chi connectivity index (χ3n) is 7.00. The fourth-order valence-corrected chi connectivity index (χ4v) is 6.23. The molecule has 4 aliphatic carbocycles. The van der Waals surface area contributed by atoms with Crippen LogP contribution in [0.5, 0.6) is 11.5 Å². The minimum atomic E-state index is -0.565. The molecular weight excluding hydrogens is 382 g/mol. The average Bonchev–Trinajstić information content (AvgIpc) is 2.73. The minimum absolute atomic E-state index is 0.230. The molecule has 162 valence electrons. The maximum Gasteiger partial charge on any atom is 0.331 e. The van der Waals surface area contributed by atoms with Crippen molar-refractivity contribution in [3.8, 4) is 11.5 Å². The van der Waals surface area contributed by atoms with Crippen molar-refractivity contribution in [2.75, 3.05) is 27.4 Å². The highest BCUT2D eigenvalue weighted by Gasteiger charge is 2.50. The molecule has 4 fully saturated rings. The molecule has 1 N–H and O–H groups in total. The number of amides is 1. The molecule has 0 saturated heterocycles. The highest BCUT2D eigenvalue weighted by Crippen LogP contribution is 2.59. The van der Waals surface area contributed by atoms with Crippen LogP contribution < -0.4 is 14.8 Å². The average molecular weight is 414 g/mol. The van der Waals surface area contributed by atoms with Crippen LogP contribution in [0.25, 0.3) is 6.08 Å². The van der Waals surface area contributed by atoms with E-state index in [9.17, 15) is 9.59 Å². The lowest BCUT2D eigenvalue weighted by atomic mass is 9.49. The van der Waals surface area contributed by atoms with E-state index in [-0.39, 0.29) is 17.9 Å². The fraction of sp³-hybridized carbons (Fsp3) is 0.583. The molecule has 0 atom stereocenters. The van der Waals surface area contributed by atoms with Crippen LogP contribution in [0, 0.1) is 23.2 Å². The van der Waals surface area contributed by atoms with Crippen molar-refractivity contribution in [2.45, 2.75) is 38.5 Å². The van der Waals surface area contributed by atoms with E-state index in [1.165, 1.54) is 44.6 Å². The van der Waals surface area contributed by atoms with Crippen molar-refractivity contribution in [3.63, 3.8) is 0 Å². The first-order valence-corrected chi connectivity index (χ1v) is 10.8. The van der Waals surface area contributed by atoms with E-state index in [4.69, 9.17) is 14.2 Å². The van der Waals surface area contributed by atoms with Crippen LogP contribution in [0.4, 0.5) is 0 Å². The maximum absolute atomic E-state index is 12.2. The smallest absolute Gasteiger partial charge is 0.331 e. The zero-order chi connectivity index (χ0) is 21.1. The number of methoxy groups -OCH3 is 2. The van der Waals surface area contributed by atoms with E-state index in [1.54, 1.807) is 26.4 Å². The van der Waals surface area contributed by atoms with Gasteiger partial charge in [0.15, 0.2) is 18.1 Å². The largest absolute Gasteiger partial charge is 0.493 e. The van der Waals surface area contributed by atoms with E-state index in [0.717, 1.165) is 17.8 Å². The molecule has 0 aromatic heterocycles. The first kappa shape index (κ1) is 20.8. The standard InChI is InChI=1S/C24H31NO5/c1-28-20-5-3-4-19(23(20)29-2)6-7-22(27)30-14-21(26)25-15-24-11-16-8-17(12-24)10-18(9-16)13-24/h3-7,16-18H,8-15H2,1-2H3,(H,25,26)/b7-6+. The Balaban J connectivity index is 1.25. The molecule has 5 rings (SSSR count). The Morgan fingerprint density at radius 2 is 1.73 bits per heavy atom. The Hall–Kier alpha value is -2.50. The molecule has 0 radical (unpaired) electrons. The molecule has 0 unspecified atom stereocenters. The number of esters is 1. The number of nitrogens with one attached hydrogen (secondary N) is 1. The van der Waals surface area contributed by atoms with Crippen LogP contribution in [0.3, 0.4) is 0 Å². The van der Waals surface area contributed by atoms with Gasteiger partial charge in [0.05, 0.1) is 14.2 Å². The van der Waals surface area contributed by atoms with Crippen LogP contribution in [0.2, 0.25) is 0 Å². The predicted octanol–water partition coefficient (Wildman–Crippen LogP) is 3.59. The summed E-state index contributed by atoms with van der Waals surface area (Å²) in [6, 6.07) is 5.40. The molecule has 6 nitrogen and oxygen atoms in total. The summed E-state index contributed by atoms with van der Waals surface area (Å²) in [6.07, 6.45) is 10.8. The number of benzene rings is 1. The van der Waals surface area contributed by atoms with Crippen molar-refractivity contribution in [1.29, 1.82) is 0 Å². The Morgan fingerprint density at radius 3 is 2.33 bits per heavy atom. The first-order valence-electron chi connectivity index (χ1n) is 10.8. The van der Waals surface area contributed by atoms with Crippen LogP contribution in [0.1, 0.15) is 44.1 Å². The summed E-state index contributed by atoms with van der Waals surface area (Å²) in [7, 11) is 3.10. The SMILES string of the molecule is COc1cccc(/C=C/C(=O)OCC(=O)NCC23CC4CC(CC(C4)C2)C3)c1OC. The first-order chi connectivity index (χ1) is 14.5. The van der Waals surface area contributed by atoms with E-state index in [0.29, 0.717) is 23.6 Å². The summed E-state index contributed by atoms with van der Waals surface area (Å²) in [5, 5.41) is 3.03. The second-order valence-electron chi connectivity index (χ2n) is 9.22. The number of para-hydroxylation sites is 1. The molecule has 30 heavy (non-hydrogen) atoms. The molecule has 1 aromatic carbocycles. The molecular formula is C24H31NO5. The third kappa shape index (κ3) is 4.47. The lowest BCUT2D eigenvalue weighted by molar-refractivity contribution is -0.144. The lowest BCUT2D eigenvalue weighted by Crippen LogP contribution is -2.51. The number of ether oxygens (including phenoxy) is 3. The zero-order valence-corrected chi connectivity index (χ0v) is 17.8. The van der Waals surface area contributed by atoms with Gasteiger partial charge in [-0.1, -0.05) is 12.1 Å². The molecule has 6 heteroatoms. The highest BCUT2D eigenvalue weighted by molar-refractivity contribution is 5.89. The van der Waals surface area contributed by atoms with Crippen molar-refractivity contribution in [3.05, 3.63) is 29.8 Å². The molecule has 0 spiro atoms. The highest BCUT2D eigenvalue weighted by atomic mass is 16.5. The summed E-state index contributed by atoms with van der Waals surface area (Å²) in [5.74, 6) is 2.88. The summed E-state index contributed by atoms with van der Waals surface area (Å²) in [6.45, 7) is 0.453. The number of hydrogen-bond donors (Lipinski definition) is 1. The monoisotopic (exact) mass is 413 g/mol. The van der Waals surface area contributed by atoms with Gasteiger partial charge < -0.3 is 19.5 Å². The van der Waals surface area contributed by atoms with Crippen LogP contribution in [0.15, 0.2) is 24.3 Å². The lowest BCUT2D eigenvalue weighted by Gasteiger charge is -2.56. The zero-order valence-electron chi connectivity index (χ0n) is 17.8. The second kappa shape index (κ2) is 8.70. The summed E-state index contributed by atoms with van der Waals surface area (Å²) in [4.78, 5) is 24.3. The second-order valence-corrected chi connectivity index (χ2v) is 9.22. The minimum Gasteiger partial charge on any atom is -0.493 e. The molecule has 1 amide bonds. The quantitative estimate of drug-likeness (QED) is 0.521. The summed E-state index contributed by atoms with van der Waals surface area (Å²) >= 11 is 0.